The summed E-state index contributed by atoms with van der Waals surface area (Å²) in [5.41, 5.74) is 10.2. The number of nitrogens with zero attached hydrogens (tertiary/aromatic N) is 5. The Morgan fingerprint density at radius 3 is 2.86 bits per heavy atom. The highest BCUT2D eigenvalue weighted by atomic mass is 79.9. The molecular weight excluding hydrogens is 422 g/mol. The van der Waals surface area contributed by atoms with Gasteiger partial charge in [-0.25, -0.2) is 0 Å². The van der Waals surface area contributed by atoms with Gasteiger partial charge in [-0.15, -0.1) is 0 Å². The monoisotopic (exact) mass is 441 g/mol. The van der Waals surface area contributed by atoms with Gasteiger partial charge in [0, 0.05) is 34.1 Å². The summed E-state index contributed by atoms with van der Waals surface area (Å²) in [6.07, 6.45) is 3.45. The number of halogens is 1. The largest absolute Gasteiger partial charge is 0.390 e. The van der Waals surface area contributed by atoms with E-state index in [0.29, 0.717) is 25.8 Å². The fraction of sp³-hybridized carbons (Fsp3) is 0.400. The van der Waals surface area contributed by atoms with Crippen molar-refractivity contribution in [3.8, 4) is 0 Å². The Kier molecular flexibility index (Phi) is 5.10. The Labute approximate surface area is 171 Å². The number of benzene rings is 1. The van der Waals surface area contributed by atoms with Crippen molar-refractivity contribution in [2.75, 3.05) is 13.1 Å². The van der Waals surface area contributed by atoms with E-state index in [1.165, 1.54) is 0 Å². The Morgan fingerprint density at radius 2 is 2.11 bits per heavy atom. The smallest absolute Gasteiger partial charge is 0.254 e. The zero-order valence-electron chi connectivity index (χ0n) is 15.2. The zero-order chi connectivity index (χ0) is 19.7. The van der Waals surface area contributed by atoms with E-state index in [4.69, 9.17) is 5.53 Å². The number of amides is 1. The van der Waals surface area contributed by atoms with Crippen LogP contribution in [-0.4, -0.2) is 39.6 Å². The molecule has 1 unspecified atom stereocenters. The van der Waals surface area contributed by atoms with Gasteiger partial charge >= 0.3 is 0 Å². The molecule has 0 saturated heterocycles. The number of pyridine rings is 1. The maximum Gasteiger partial charge on any atom is 0.254 e. The first-order valence-electron chi connectivity index (χ1n) is 9.23. The molecule has 1 aliphatic heterocycles. The summed E-state index contributed by atoms with van der Waals surface area (Å²) in [6, 6.07) is 11.5. The van der Waals surface area contributed by atoms with Crippen LogP contribution in [-0.2, 0) is 6.42 Å². The van der Waals surface area contributed by atoms with Gasteiger partial charge in [0.25, 0.3) is 5.91 Å². The lowest BCUT2D eigenvalue weighted by Gasteiger charge is -2.45. The fourth-order valence-electron chi connectivity index (χ4n) is 4.34. The minimum atomic E-state index is -0.938. The lowest BCUT2D eigenvalue weighted by molar-refractivity contribution is -0.0729. The van der Waals surface area contributed by atoms with Crippen LogP contribution in [0.3, 0.4) is 0 Å². The van der Waals surface area contributed by atoms with Crippen LogP contribution in [0.5, 0.6) is 0 Å². The summed E-state index contributed by atoms with van der Waals surface area (Å²) >= 11 is 3.55. The van der Waals surface area contributed by atoms with Gasteiger partial charge in [0.1, 0.15) is 0 Å². The van der Waals surface area contributed by atoms with E-state index in [1.807, 2.05) is 41.3 Å². The summed E-state index contributed by atoms with van der Waals surface area (Å²) in [5, 5.41) is 13.9. The Hall–Kier alpha value is -2.41. The standard InChI is InChI=1S/C20H20BrN5O2/c21-16-6-3-7-23-17(16)8-18-14-4-1-2-5-15(14)19(27)26(18)11-13-9-20(28,10-13)12-24-25-22/h1-7,13,18,28H,8-12H2. The normalized spacial score (nSPS) is 25.8. The summed E-state index contributed by atoms with van der Waals surface area (Å²) in [6.45, 7) is 0.652. The third kappa shape index (κ3) is 3.51. The quantitative estimate of drug-likeness (QED) is 0.415. The third-order valence-electron chi connectivity index (χ3n) is 5.63. The Morgan fingerprint density at radius 1 is 1.32 bits per heavy atom. The molecule has 28 heavy (non-hydrogen) atoms. The minimum absolute atomic E-state index is 0.0261. The second-order valence-electron chi connectivity index (χ2n) is 7.58. The van der Waals surface area contributed by atoms with Crippen LogP contribution in [0.4, 0.5) is 0 Å². The number of rotatable bonds is 6. The highest BCUT2D eigenvalue weighted by Crippen LogP contribution is 2.43. The molecule has 0 bridgehead atoms. The zero-order valence-corrected chi connectivity index (χ0v) is 16.8. The minimum Gasteiger partial charge on any atom is -0.390 e. The number of hydrogen-bond acceptors (Lipinski definition) is 4. The summed E-state index contributed by atoms with van der Waals surface area (Å²) in [4.78, 5) is 22.2. The first-order valence-corrected chi connectivity index (χ1v) is 10.0. The Balaban J connectivity index is 1.54. The molecule has 4 rings (SSSR count). The molecule has 1 atom stereocenters. The first kappa shape index (κ1) is 18.9. The van der Waals surface area contributed by atoms with Crippen LogP contribution in [0.1, 0.15) is 40.5 Å². The van der Waals surface area contributed by atoms with E-state index in [-0.39, 0.29) is 24.4 Å². The first-order chi connectivity index (χ1) is 13.5. The lowest BCUT2D eigenvalue weighted by Crippen LogP contribution is -2.50. The van der Waals surface area contributed by atoms with E-state index in [2.05, 4.69) is 30.9 Å². The number of carbonyl (C=O) groups excluding carboxylic acids is 1. The molecule has 1 saturated carbocycles. The molecule has 2 aromatic rings. The highest BCUT2D eigenvalue weighted by molar-refractivity contribution is 9.10. The van der Waals surface area contributed by atoms with Gasteiger partial charge in [0.2, 0.25) is 0 Å². The van der Waals surface area contributed by atoms with Crippen LogP contribution >= 0.6 is 15.9 Å². The molecule has 2 heterocycles. The summed E-state index contributed by atoms with van der Waals surface area (Å²) in [7, 11) is 0. The number of hydrogen-bond donors (Lipinski definition) is 1. The predicted octanol–water partition coefficient (Wildman–Crippen LogP) is 4.04. The highest BCUT2D eigenvalue weighted by Gasteiger charge is 2.45. The van der Waals surface area contributed by atoms with Crippen LogP contribution in [0, 0.1) is 5.92 Å². The number of carbonyl (C=O) groups is 1. The van der Waals surface area contributed by atoms with Crippen molar-refractivity contribution in [3.05, 3.63) is 74.3 Å². The van der Waals surface area contributed by atoms with E-state index in [0.717, 1.165) is 21.3 Å². The molecule has 1 fully saturated rings. The fourth-order valence-corrected chi connectivity index (χ4v) is 4.76. The SMILES string of the molecule is [N-]=[N+]=NCC1(O)CC(CN2C(=O)c3ccccc3C2Cc2ncccc2Br)C1. The van der Waals surface area contributed by atoms with Crippen LogP contribution in [0.15, 0.2) is 52.2 Å². The average Bonchev–Trinajstić information content (AvgIpc) is 2.93. The maximum absolute atomic E-state index is 13.1. The maximum atomic E-state index is 13.1. The molecule has 1 aromatic carbocycles. The van der Waals surface area contributed by atoms with Crippen molar-refractivity contribution in [3.63, 3.8) is 0 Å². The van der Waals surface area contributed by atoms with E-state index in [9.17, 15) is 9.90 Å². The second-order valence-corrected chi connectivity index (χ2v) is 8.44. The van der Waals surface area contributed by atoms with Crippen molar-refractivity contribution in [2.45, 2.75) is 30.9 Å². The molecule has 1 aromatic heterocycles. The molecule has 8 heteroatoms. The van der Waals surface area contributed by atoms with E-state index in [1.54, 1.807) is 6.20 Å². The van der Waals surface area contributed by atoms with Gasteiger partial charge in [0.15, 0.2) is 0 Å². The topological polar surface area (TPSA) is 102 Å². The molecule has 144 valence electrons. The summed E-state index contributed by atoms with van der Waals surface area (Å²) in [5.74, 6) is 0.213. The van der Waals surface area contributed by atoms with E-state index >= 15 is 0 Å². The van der Waals surface area contributed by atoms with Crippen molar-refractivity contribution in [1.29, 1.82) is 0 Å². The second kappa shape index (κ2) is 7.54. The van der Waals surface area contributed by atoms with Gasteiger partial charge in [-0.05, 0) is 64.0 Å². The van der Waals surface area contributed by atoms with Crippen LogP contribution in [0.2, 0.25) is 0 Å². The van der Waals surface area contributed by atoms with Crippen LogP contribution < -0.4 is 0 Å². The number of aliphatic hydroxyl groups is 1. The van der Waals surface area contributed by atoms with Crippen molar-refractivity contribution < 1.29 is 9.90 Å². The molecule has 0 spiro atoms. The van der Waals surface area contributed by atoms with Crippen molar-refractivity contribution in [2.24, 2.45) is 11.0 Å². The molecule has 7 nitrogen and oxygen atoms in total. The van der Waals surface area contributed by atoms with Gasteiger partial charge in [-0.2, -0.15) is 0 Å². The van der Waals surface area contributed by atoms with Crippen LogP contribution in [0.25, 0.3) is 10.4 Å². The molecule has 0 radical (unpaired) electrons. The Bertz CT molecular complexity index is 953. The summed E-state index contributed by atoms with van der Waals surface area (Å²) < 4.78 is 0.930. The van der Waals surface area contributed by atoms with Crippen molar-refractivity contribution >= 4 is 21.8 Å². The van der Waals surface area contributed by atoms with Crippen molar-refractivity contribution in [1.82, 2.24) is 9.88 Å². The molecule has 1 amide bonds. The molecule has 1 N–H and O–H groups in total. The number of aromatic nitrogens is 1. The lowest BCUT2D eigenvalue weighted by atomic mass is 9.70. The van der Waals surface area contributed by atoms with Gasteiger partial charge in [-0.3, -0.25) is 9.78 Å². The predicted molar refractivity (Wildman–Crippen MR) is 108 cm³/mol. The average molecular weight is 442 g/mol. The van der Waals surface area contributed by atoms with Gasteiger partial charge in [-0.1, -0.05) is 23.3 Å². The molecule has 1 aliphatic carbocycles. The third-order valence-corrected chi connectivity index (χ3v) is 6.35. The molecular formula is C20H20BrN5O2. The van der Waals surface area contributed by atoms with Gasteiger partial charge in [0.05, 0.1) is 23.9 Å². The van der Waals surface area contributed by atoms with Gasteiger partial charge < -0.3 is 10.0 Å². The number of fused-ring (bicyclic) bond motifs is 1. The van der Waals surface area contributed by atoms with E-state index < -0.39 is 5.60 Å². The molecule has 2 aliphatic rings. The number of azide groups is 1.